The Hall–Kier alpha value is -8.57. The Morgan fingerprint density at radius 3 is 1.89 bits per heavy atom. The van der Waals surface area contributed by atoms with Crippen molar-refractivity contribution >= 4 is 82.6 Å². The largest absolute Gasteiger partial charge is 0.363 e. The van der Waals surface area contributed by atoms with Crippen LogP contribution in [0.1, 0.15) is 50.7 Å². The van der Waals surface area contributed by atoms with Gasteiger partial charge in [-0.1, -0.05) is 89.0 Å². The topological polar surface area (TPSA) is 92.2 Å². The van der Waals surface area contributed by atoms with E-state index in [1.54, 1.807) is 0 Å². The molecule has 0 fully saturated rings. The first-order chi connectivity index (χ1) is 32.6. The van der Waals surface area contributed by atoms with E-state index in [2.05, 4.69) is 252 Å². The van der Waals surface area contributed by atoms with Crippen molar-refractivity contribution in [3.05, 3.63) is 205 Å². The molecular formula is C59H65N11. The normalized spacial score (nSPS) is 11.0. The van der Waals surface area contributed by atoms with E-state index in [0.717, 1.165) is 11.3 Å². The molecule has 0 atom stereocenters. The quantitative estimate of drug-likeness (QED) is 0.139. The van der Waals surface area contributed by atoms with Crippen molar-refractivity contribution in [3.63, 3.8) is 0 Å². The third-order valence-electron chi connectivity index (χ3n) is 13.1. The highest BCUT2D eigenvalue weighted by atomic mass is 15.2. The summed E-state index contributed by atoms with van der Waals surface area (Å²) >= 11 is 0. The van der Waals surface area contributed by atoms with Crippen molar-refractivity contribution < 1.29 is 0 Å². The number of imidazole rings is 4. The Kier molecular flexibility index (Phi) is 13.1. The van der Waals surface area contributed by atoms with E-state index in [1.165, 1.54) is 99.8 Å². The van der Waals surface area contributed by atoms with Crippen LogP contribution in [0, 0.1) is 34.6 Å². The maximum absolute atomic E-state index is 4.56. The number of hydrogen-bond donors (Lipinski definition) is 3. The van der Waals surface area contributed by atoms with Crippen LogP contribution in [-0.2, 0) is 14.1 Å². The molecule has 0 saturated heterocycles. The average Bonchev–Trinajstić information content (AvgIpc) is 4.23. The van der Waals surface area contributed by atoms with Crippen LogP contribution in [0.2, 0.25) is 0 Å². The van der Waals surface area contributed by atoms with Gasteiger partial charge in [-0.15, -0.1) is 0 Å². The molecule has 0 aliphatic carbocycles. The fraction of sp³-hybridized carbons (Fsp3) is 0.169. The van der Waals surface area contributed by atoms with E-state index in [-0.39, 0.29) is 22.3 Å². The molecule has 12 heterocycles. The molecule has 3 aromatic carbocycles. The van der Waals surface area contributed by atoms with Crippen LogP contribution in [0.25, 0.3) is 82.6 Å². The number of aromatic amines is 3. The summed E-state index contributed by atoms with van der Waals surface area (Å²) in [5.41, 5.74) is 17.2. The van der Waals surface area contributed by atoms with Crippen molar-refractivity contribution in [1.82, 2.24) is 51.1 Å². The Morgan fingerprint density at radius 2 is 1.10 bits per heavy atom. The number of aromatic nitrogens is 11. The standard InChI is InChI=1S/C12H12N2.C11H11N3.3C11H10N2.3CH4/c1-9-8-14-11-6-4-3-5-10(11)7-12(14)13(9)2;1-8-7-14-10-6-4-3-5-9(10)12-11(14)13(8)2;1-8-11-9(7-12-8)6-10-4-2-3-5-13(10)11;1-8-10-6-9-4-2-3-5-13(9)11(10)7-12-8;1-8-6-13-7-9-4-2-3-5-10(9)11(13)12-8;;;/h3-8H,1-2H3;3-7H,1-2H3;3*2-7,12H,1H3;3*1H4. The van der Waals surface area contributed by atoms with Crippen molar-refractivity contribution in [1.29, 1.82) is 0 Å². The summed E-state index contributed by atoms with van der Waals surface area (Å²) in [4.78, 5) is 14.4. The van der Waals surface area contributed by atoms with Crippen LogP contribution in [0.5, 0.6) is 0 Å². The molecule has 70 heavy (non-hydrogen) atoms. The number of pyridine rings is 2. The van der Waals surface area contributed by atoms with Gasteiger partial charge in [-0.25, -0.2) is 4.98 Å². The molecule has 356 valence electrons. The zero-order valence-electron chi connectivity index (χ0n) is 38.8. The maximum Gasteiger partial charge on any atom is 0.214 e. The second-order valence-corrected chi connectivity index (χ2v) is 17.5. The summed E-state index contributed by atoms with van der Waals surface area (Å²) in [5, 5.41) is 6.47. The molecule has 15 aromatic rings. The smallest absolute Gasteiger partial charge is 0.214 e. The highest BCUT2D eigenvalue weighted by molar-refractivity contribution is 5.95. The number of H-pyrrole nitrogens is 3. The fourth-order valence-electron chi connectivity index (χ4n) is 9.43. The van der Waals surface area contributed by atoms with E-state index in [0.29, 0.717) is 0 Å². The number of nitrogens with zero attached hydrogens (tertiary/aromatic N) is 8. The van der Waals surface area contributed by atoms with Crippen LogP contribution < -0.4 is 0 Å². The molecular weight excluding hydrogens is 863 g/mol. The molecule has 0 amide bonds. The zero-order valence-corrected chi connectivity index (χ0v) is 38.8. The lowest BCUT2D eigenvalue weighted by Crippen LogP contribution is -1.90. The molecule has 0 aliphatic heterocycles. The van der Waals surface area contributed by atoms with Crippen LogP contribution in [0.15, 0.2) is 177 Å². The lowest BCUT2D eigenvalue weighted by molar-refractivity contribution is 0.899. The SMILES string of the molecule is C.C.C.Cc1[nH]cc2c1cc1ccccn12.Cc1[nH]cc2cc3ccccn3c12.Cc1cn2c3ccccc3cc2n1C.Cc1cn2c3ccccc3nc2n1C.Cc1cn2cc3ccccc3c2[nH]1. The van der Waals surface area contributed by atoms with Gasteiger partial charge in [0, 0.05) is 130 Å². The van der Waals surface area contributed by atoms with Gasteiger partial charge in [0.25, 0.3) is 0 Å². The Labute approximate surface area is 408 Å². The molecule has 0 radical (unpaired) electrons. The number of para-hydroxylation sites is 3. The molecule has 0 saturated carbocycles. The van der Waals surface area contributed by atoms with Gasteiger partial charge in [0.05, 0.1) is 27.6 Å². The summed E-state index contributed by atoms with van der Waals surface area (Å²) in [6, 6.07) is 44.2. The van der Waals surface area contributed by atoms with Gasteiger partial charge in [-0.3, -0.25) is 4.40 Å². The van der Waals surface area contributed by atoms with Gasteiger partial charge in [-0.05, 0) is 95.3 Å². The molecule has 3 N–H and O–H groups in total. The van der Waals surface area contributed by atoms with Crippen LogP contribution in [0.4, 0.5) is 0 Å². The molecule has 0 spiro atoms. The summed E-state index contributed by atoms with van der Waals surface area (Å²) in [6.45, 7) is 10.5. The molecule has 11 nitrogen and oxygen atoms in total. The van der Waals surface area contributed by atoms with Gasteiger partial charge < -0.3 is 41.7 Å². The van der Waals surface area contributed by atoms with Gasteiger partial charge in [-0.2, -0.15) is 0 Å². The minimum absolute atomic E-state index is 0. The number of benzene rings is 3. The molecule has 0 aliphatic rings. The highest BCUT2D eigenvalue weighted by Crippen LogP contribution is 2.25. The lowest BCUT2D eigenvalue weighted by Gasteiger charge is -1.94. The van der Waals surface area contributed by atoms with Gasteiger partial charge in [0.2, 0.25) is 5.78 Å². The predicted octanol–water partition coefficient (Wildman–Crippen LogP) is 15.0. The number of aryl methyl sites for hydroxylation is 7. The van der Waals surface area contributed by atoms with Crippen molar-refractivity contribution in [2.45, 2.75) is 56.9 Å². The van der Waals surface area contributed by atoms with Crippen LogP contribution in [0.3, 0.4) is 0 Å². The van der Waals surface area contributed by atoms with Crippen molar-refractivity contribution in [2.75, 3.05) is 0 Å². The summed E-state index contributed by atoms with van der Waals surface area (Å²) in [6.07, 6.45) is 16.8. The summed E-state index contributed by atoms with van der Waals surface area (Å²) < 4.78 is 15.2. The van der Waals surface area contributed by atoms with Crippen LogP contribution in [-0.4, -0.2) is 51.1 Å². The van der Waals surface area contributed by atoms with Gasteiger partial charge in [0.1, 0.15) is 11.3 Å². The monoisotopic (exact) mass is 928 g/mol. The second-order valence-electron chi connectivity index (χ2n) is 17.5. The zero-order chi connectivity index (χ0) is 45.9. The van der Waals surface area contributed by atoms with Crippen LogP contribution >= 0.6 is 0 Å². The maximum atomic E-state index is 4.56. The highest BCUT2D eigenvalue weighted by Gasteiger charge is 2.10. The first-order valence-electron chi connectivity index (χ1n) is 22.6. The summed E-state index contributed by atoms with van der Waals surface area (Å²) in [5.74, 6) is 1.00. The molecule has 0 bridgehead atoms. The van der Waals surface area contributed by atoms with Crippen molar-refractivity contribution in [3.8, 4) is 0 Å². The molecule has 15 rings (SSSR count). The molecule has 0 unspecified atom stereocenters. The molecule has 12 aromatic heterocycles. The minimum atomic E-state index is 0. The Bertz CT molecular complexity index is 4080. The second kappa shape index (κ2) is 19.2. The first-order valence-corrected chi connectivity index (χ1v) is 22.6. The number of fused-ring (bicyclic) bond motifs is 15. The fourth-order valence-corrected chi connectivity index (χ4v) is 9.43. The van der Waals surface area contributed by atoms with E-state index >= 15 is 0 Å². The number of hydrogen-bond acceptors (Lipinski definition) is 1. The van der Waals surface area contributed by atoms with E-state index < -0.39 is 0 Å². The van der Waals surface area contributed by atoms with E-state index in [9.17, 15) is 0 Å². The third kappa shape index (κ3) is 8.29. The number of nitrogens with one attached hydrogen (secondary N) is 3. The molecule has 11 heteroatoms. The van der Waals surface area contributed by atoms with Crippen molar-refractivity contribution in [2.24, 2.45) is 14.1 Å². The minimum Gasteiger partial charge on any atom is -0.363 e. The van der Waals surface area contributed by atoms with E-state index in [4.69, 9.17) is 0 Å². The Balaban J connectivity index is 0.000000116. The van der Waals surface area contributed by atoms with E-state index in [1.807, 2.05) is 25.2 Å². The Morgan fingerprint density at radius 1 is 0.471 bits per heavy atom. The van der Waals surface area contributed by atoms with Gasteiger partial charge in [0.15, 0.2) is 0 Å². The summed E-state index contributed by atoms with van der Waals surface area (Å²) in [7, 11) is 4.14. The average molecular weight is 928 g/mol. The first kappa shape index (κ1) is 47.9. The lowest BCUT2D eigenvalue weighted by atomic mass is 10.2. The van der Waals surface area contributed by atoms with Gasteiger partial charge >= 0.3 is 0 Å². The predicted molar refractivity (Wildman–Crippen MR) is 297 cm³/mol. The third-order valence-corrected chi connectivity index (χ3v) is 13.1. The number of rotatable bonds is 0.